The molecule has 0 aromatic heterocycles. The third kappa shape index (κ3) is 5.59. The molecule has 0 fully saturated rings. The molecule has 0 amide bonds. The van der Waals surface area contributed by atoms with E-state index >= 15 is 0 Å². The first-order valence-electron chi connectivity index (χ1n) is 5.74. The minimum atomic E-state index is -4.27. The maximum absolute atomic E-state index is 11.4. The smallest absolute Gasteiger partial charge is 0.393 e. The van der Waals surface area contributed by atoms with Crippen LogP contribution in [0.3, 0.4) is 0 Å². The second kappa shape index (κ2) is 7.37. The van der Waals surface area contributed by atoms with Crippen molar-refractivity contribution in [1.29, 1.82) is 0 Å². The molecule has 0 bridgehead atoms. The van der Waals surface area contributed by atoms with Crippen molar-refractivity contribution >= 4 is 10.4 Å². The van der Waals surface area contributed by atoms with Gasteiger partial charge in [-0.3, -0.25) is 0 Å². The van der Waals surface area contributed by atoms with Crippen molar-refractivity contribution in [3.8, 4) is 0 Å². The van der Waals surface area contributed by atoms with E-state index in [2.05, 4.69) is 4.18 Å². The number of aliphatic hydroxyl groups excluding tert-OH is 3. The molecule has 7 nitrogen and oxygen atoms in total. The average molecular weight is 286 g/mol. The number of rotatable bonds is 8. The highest BCUT2D eigenvalue weighted by Gasteiger charge is 2.37. The predicted octanol–water partition coefficient (Wildman–Crippen LogP) is -0.588. The van der Waals surface area contributed by atoms with Crippen molar-refractivity contribution in [3.05, 3.63) is 0 Å². The topological polar surface area (TPSA) is 113 Å². The van der Waals surface area contributed by atoms with Gasteiger partial charge in [-0.1, -0.05) is 0 Å². The van der Waals surface area contributed by atoms with Gasteiger partial charge in [0, 0.05) is 5.92 Å². The highest BCUT2D eigenvalue weighted by Crippen LogP contribution is 2.22. The molecule has 3 N–H and O–H groups in total. The van der Waals surface area contributed by atoms with Gasteiger partial charge in [0.25, 0.3) is 0 Å². The molecule has 0 saturated heterocycles. The molecule has 4 atom stereocenters. The minimum absolute atomic E-state index is 0.108. The third-order valence-electron chi connectivity index (χ3n) is 2.46. The van der Waals surface area contributed by atoms with Crippen LogP contribution in [0.1, 0.15) is 27.7 Å². The molecule has 0 rings (SSSR count). The summed E-state index contributed by atoms with van der Waals surface area (Å²) in [6, 6.07) is 0. The van der Waals surface area contributed by atoms with Crippen molar-refractivity contribution < 1.29 is 32.1 Å². The molecule has 110 valence electrons. The number of aliphatic hydroxyl groups is 3. The van der Waals surface area contributed by atoms with Gasteiger partial charge >= 0.3 is 10.4 Å². The summed E-state index contributed by atoms with van der Waals surface area (Å²) >= 11 is 0. The van der Waals surface area contributed by atoms with Crippen molar-refractivity contribution in [3.63, 3.8) is 0 Å². The highest BCUT2D eigenvalue weighted by molar-refractivity contribution is 7.81. The Labute approximate surface area is 108 Å². The Hall–Kier alpha value is -0.250. The van der Waals surface area contributed by atoms with Gasteiger partial charge in [-0.05, 0) is 27.7 Å². The van der Waals surface area contributed by atoms with Crippen molar-refractivity contribution in [2.45, 2.75) is 52.1 Å². The van der Waals surface area contributed by atoms with Crippen LogP contribution in [0.25, 0.3) is 0 Å². The Morgan fingerprint density at radius 3 is 1.72 bits per heavy atom. The summed E-state index contributed by atoms with van der Waals surface area (Å²) < 4.78 is 31.9. The van der Waals surface area contributed by atoms with Crippen molar-refractivity contribution in [2.24, 2.45) is 5.92 Å². The van der Waals surface area contributed by atoms with E-state index in [9.17, 15) is 23.7 Å². The van der Waals surface area contributed by atoms with Crippen LogP contribution in [-0.2, 0) is 18.8 Å². The van der Waals surface area contributed by atoms with E-state index in [0.717, 1.165) is 0 Å². The molecule has 0 aromatic carbocycles. The zero-order valence-electron chi connectivity index (χ0n) is 11.0. The van der Waals surface area contributed by atoms with E-state index in [1.807, 2.05) is 0 Å². The lowest BCUT2D eigenvalue weighted by Gasteiger charge is -2.32. The van der Waals surface area contributed by atoms with Crippen LogP contribution in [0, 0.1) is 5.92 Å². The number of hydrogen-bond acceptors (Lipinski definition) is 7. The lowest BCUT2D eigenvalue weighted by Crippen LogP contribution is -2.46. The van der Waals surface area contributed by atoms with E-state index in [1.165, 1.54) is 27.7 Å². The van der Waals surface area contributed by atoms with Crippen LogP contribution < -0.4 is 0 Å². The molecule has 0 aliphatic carbocycles. The molecule has 0 aliphatic rings. The fourth-order valence-corrected chi connectivity index (χ4v) is 2.63. The van der Waals surface area contributed by atoms with E-state index in [0.29, 0.717) is 0 Å². The molecule has 0 heterocycles. The molecule has 18 heavy (non-hydrogen) atoms. The summed E-state index contributed by atoms with van der Waals surface area (Å²) in [5.74, 6) is -0.958. The molecule has 0 aliphatic heterocycles. The van der Waals surface area contributed by atoms with Gasteiger partial charge in [-0.25, -0.2) is 8.37 Å². The van der Waals surface area contributed by atoms with Crippen molar-refractivity contribution in [2.75, 3.05) is 6.61 Å². The van der Waals surface area contributed by atoms with Gasteiger partial charge < -0.3 is 15.3 Å². The fourth-order valence-electron chi connectivity index (χ4n) is 1.73. The monoisotopic (exact) mass is 286 g/mol. The van der Waals surface area contributed by atoms with Crippen LogP contribution in [0.15, 0.2) is 0 Å². The molecular weight excluding hydrogens is 264 g/mol. The van der Waals surface area contributed by atoms with Crippen LogP contribution >= 0.6 is 0 Å². The largest absolute Gasteiger partial charge is 0.400 e. The molecular formula is C10H22O7S. The first-order chi connectivity index (χ1) is 8.12. The standard InChI is InChI=1S/C10H22O7S/c1-5-16-18(14,15)17-10(8(4)13)9(6(2)11)7(3)12/h6-13H,5H2,1-4H3. The lowest BCUT2D eigenvalue weighted by molar-refractivity contribution is -0.0775. The van der Waals surface area contributed by atoms with Crippen LogP contribution in [0.4, 0.5) is 0 Å². The molecule has 8 heteroatoms. The van der Waals surface area contributed by atoms with Gasteiger partial charge in [-0.2, -0.15) is 8.42 Å². The summed E-state index contributed by atoms with van der Waals surface area (Å²) in [4.78, 5) is 0. The quantitative estimate of drug-likeness (QED) is 0.546. The summed E-state index contributed by atoms with van der Waals surface area (Å²) in [5.41, 5.74) is 0. The van der Waals surface area contributed by atoms with E-state index in [1.54, 1.807) is 0 Å². The highest BCUT2D eigenvalue weighted by atomic mass is 32.3. The molecule has 0 aromatic rings. The number of hydrogen-bond donors (Lipinski definition) is 3. The second-order valence-electron chi connectivity index (χ2n) is 4.17. The van der Waals surface area contributed by atoms with Gasteiger partial charge in [0.05, 0.1) is 24.9 Å². The third-order valence-corrected chi connectivity index (χ3v) is 3.44. The predicted molar refractivity (Wildman–Crippen MR) is 64.0 cm³/mol. The summed E-state index contributed by atoms with van der Waals surface area (Å²) in [6.07, 6.45) is -4.60. The SMILES string of the molecule is CCOS(=O)(=O)OC(C(C)O)C(C(C)O)C(C)O. The van der Waals surface area contributed by atoms with Crippen molar-refractivity contribution in [1.82, 2.24) is 0 Å². The average Bonchev–Trinajstić information content (AvgIpc) is 2.14. The fraction of sp³-hybridized carbons (Fsp3) is 1.00. The molecule has 0 spiro atoms. The van der Waals surface area contributed by atoms with Crippen LogP contribution in [0.5, 0.6) is 0 Å². The first kappa shape index (κ1) is 17.8. The Kier molecular flexibility index (Phi) is 7.26. The second-order valence-corrected chi connectivity index (χ2v) is 5.42. The Balaban J connectivity index is 5.07. The summed E-state index contributed by atoms with van der Waals surface area (Å²) in [6.45, 7) is 5.43. The summed E-state index contributed by atoms with van der Waals surface area (Å²) in [7, 11) is -4.27. The minimum Gasteiger partial charge on any atom is -0.393 e. The van der Waals surface area contributed by atoms with Gasteiger partial charge in [-0.15, -0.1) is 0 Å². The lowest BCUT2D eigenvalue weighted by atomic mass is 9.89. The first-order valence-corrected chi connectivity index (χ1v) is 7.07. The van der Waals surface area contributed by atoms with Gasteiger partial charge in [0.15, 0.2) is 0 Å². The Morgan fingerprint density at radius 1 is 1.00 bits per heavy atom. The van der Waals surface area contributed by atoms with E-state index < -0.39 is 40.7 Å². The molecule has 0 radical (unpaired) electrons. The van der Waals surface area contributed by atoms with Crippen LogP contribution in [0.2, 0.25) is 0 Å². The molecule has 4 unspecified atom stereocenters. The van der Waals surface area contributed by atoms with Crippen LogP contribution in [-0.4, -0.2) is 54.8 Å². The van der Waals surface area contributed by atoms with Gasteiger partial charge in [0.2, 0.25) is 0 Å². The zero-order valence-corrected chi connectivity index (χ0v) is 11.8. The Morgan fingerprint density at radius 2 is 1.44 bits per heavy atom. The maximum Gasteiger partial charge on any atom is 0.400 e. The molecule has 0 saturated carbocycles. The Bertz CT molecular complexity index is 315. The van der Waals surface area contributed by atoms with E-state index in [-0.39, 0.29) is 6.61 Å². The zero-order chi connectivity index (χ0) is 14.5. The van der Waals surface area contributed by atoms with E-state index in [4.69, 9.17) is 4.18 Å². The maximum atomic E-state index is 11.4. The summed E-state index contributed by atoms with van der Waals surface area (Å²) in [5, 5.41) is 28.6. The van der Waals surface area contributed by atoms with Gasteiger partial charge in [0.1, 0.15) is 6.10 Å². The normalized spacial score (nSPS) is 21.1.